The molecule has 1 aromatic heterocycles. The number of aromatic amines is 1. The lowest BCUT2D eigenvalue weighted by Crippen LogP contribution is -2.52. The Bertz CT molecular complexity index is 913. The summed E-state index contributed by atoms with van der Waals surface area (Å²) >= 11 is 5.15. The molecule has 2 atom stereocenters. The van der Waals surface area contributed by atoms with Gasteiger partial charge < -0.3 is 19.9 Å². The van der Waals surface area contributed by atoms with Crippen molar-refractivity contribution in [2.24, 2.45) is 5.92 Å². The summed E-state index contributed by atoms with van der Waals surface area (Å²) < 4.78 is 5.48. The van der Waals surface area contributed by atoms with E-state index in [1.54, 1.807) is 22.9 Å². The zero-order valence-corrected chi connectivity index (χ0v) is 20.1. The number of H-pyrrole nitrogens is 1. The fourth-order valence-electron chi connectivity index (χ4n) is 3.56. The smallest absolute Gasteiger partial charge is 0.407 e. The molecule has 3 rings (SSSR count). The van der Waals surface area contributed by atoms with E-state index < -0.39 is 12.1 Å². The summed E-state index contributed by atoms with van der Waals surface area (Å²) in [5.74, 6) is 1.04. The van der Waals surface area contributed by atoms with Crippen LogP contribution in [0.2, 0.25) is 0 Å². The molecule has 2 amide bonds. The highest BCUT2D eigenvalue weighted by atomic mass is 79.9. The molecule has 2 heterocycles. The highest BCUT2D eigenvalue weighted by molar-refractivity contribution is 9.10. The minimum atomic E-state index is -0.671. The fraction of sp³-hybridized carbons (Fsp3) is 0.476. The molecule has 0 spiro atoms. The summed E-state index contributed by atoms with van der Waals surface area (Å²) in [6.07, 6.45) is 1.19. The minimum Gasteiger partial charge on any atom is -0.453 e. The molecule has 30 heavy (non-hydrogen) atoms. The minimum absolute atomic E-state index is 0.0825. The van der Waals surface area contributed by atoms with Gasteiger partial charge in [-0.15, -0.1) is 11.8 Å². The number of carbonyl (C=O) groups excluding carboxylic acids is 2. The first kappa shape index (κ1) is 22.7. The van der Waals surface area contributed by atoms with Crippen molar-refractivity contribution in [3.05, 3.63) is 40.8 Å². The molecule has 0 radical (unpaired) electrons. The average Bonchev–Trinajstić information content (AvgIpc) is 3.29. The van der Waals surface area contributed by atoms with Crippen LogP contribution >= 0.6 is 27.7 Å². The quantitative estimate of drug-likeness (QED) is 0.635. The number of carbonyl (C=O) groups is 2. The number of benzene rings is 1. The summed E-state index contributed by atoms with van der Waals surface area (Å²) in [4.78, 5) is 35.0. The Labute approximate surface area is 189 Å². The molecule has 9 heteroatoms. The molecule has 1 fully saturated rings. The standard InChI is InChI=1S/C21H27BrN4O3S/c1-12(2)16(25-20(28)29-5)19(27)26-11-30-21(3,4)17(26)18-23-10-15(24-18)13-6-8-14(22)9-7-13/h6-10,12,16-17H,11H2,1-5H3,(H,23,24)(H,25,28)/t16-,17+/m0/s1. The predicted octanol–water partition coefficient (Wildman–Crippen LogP) is 4.57. The van der Waals surface area contributed by atoms with E-state index in [2.05, 4.69) is 45.1 Å². The zero-order chi connectivity index (χ0) is 22.1. The molecule has 0 bridgehead atoms. The maximum absolute atomic E-state index is 13.4. The van der Waals surface area contributed by atoms with Crippen LogP contribution in [-0.4, -0.2) is 50.6 Å². The Kier molecular flexibility index (Phi) is 6.81. The van der Waals surface area contributed by atoms with Crippen molar-refractivity contribution >= 4 is 39.7 Å². The molecule has 7 nitrogen and oxygen atoms in total. The molecule has 0 saturated carbocycles. The van der Waals surface area contributed by atoms with Gasteiger partial charge in [0, 0.05) is 9.22 Å². The van der Waals surface area contributed by atoms with Crippen molar-refractivity contribution in [2.75, 3.05) is 13.0 Å². The number of amides is 2. The van der Waals surface area contributed by atoms with Gasteiger partial charge in [-0.3, -0.25) is 4.79 Å². The summed E-state index contributed by atoms with van der Waals surface area (Å²) in [6.45, 7) is 8.02. The molecular weight excluding hydrogens is 468 g/mol. The molecule has 1 aliphatic rings. The van der Waals surface area contributed by atoms with Crippen LogP contribution in [0.25, 0.3) is 11.3 Å². The van der Waals surface area contributed by atoms with E-state index in [-0.39, 0.29) is 22.6 Å². The number of hydrogen-bond donors (Lipinski definition) is 2. The topological polar surface area (TPSA) is 87.3 Å². The molecule has 1 aromatic carbocycles. The van der Waals surface area contributed by atoms with Gasteiger partial charge in [-0.1, -0.05) is 41.9 Å². The molecule has 0 unspecified atom stereocenters. The van der Waals surface area contributed by atoms with E-state index in [1.165, 1.54) is 7.11 Å². The van der Waals surface area contributed by atoms with Gasteiger partial charge in [0.2, 0.25) is 5.91 Å². The number of alkyl carbamates (subject to hydrolysis) is 1. The van der Waals surface area contributed by atoms with Gasteiger partial charge >= 0.3 is 6.09 Å². The second kappa shape index (κ2) is 9.01. The van der Waals surface area contributed by atoms with Crippen molar-refractivity contribution < 1.29 is 14.3 Å². The Morgan fingerprint density at radius 1 is 1.33 bits per heavy atom. The number of rotatable bonds is 5. The van der Waals surface area contributed by atoms with Crippen molar-refractivity contribution in [2.45, 2.75) is 44.5 Å². The van der Waals surface area contributed by atoms with Gasteiger partial charge in [-0.2, -0.15) is 0 Å². The monoisotopic (exact) mass is 494 g/mol. The van der Waals surface area contributed by atoms with Crippen LogP contribution in [-0.2, 0) is 9.53 Å². The number of aromatic nitrogens is 2. The Morgan fingerprint density at radius 3 is 2.60 bits per heavy atom. The van der Waals surface area contributed by atoms with Crippen molar-refractivity contribution in [3.8, 4) is 11.3 Å². The van der Waals surface area contributed by atoms with E-state index >= 15 is 0 Å². The average molecular weight is 495 g/mol. The number of nitrogens with one attached hydrogen (secondary N) is 2. The second-order valence-electron chi connectivity index (χ2n) is 8.13. The molecule has 1 saturated heterocycles. The molecule has 0 aliphatic carbocycles. The van der Waals surface area contributed by atoms with E-state index in [9.17, 15) is 9.59 Å². The summed E-state index contributed by atoms with van der Waals surface area (Å²) in [5, 5.41) is 2.68. The van der Waals surface area contributed by atoms with E-state index in [1.807, 2.05) is 38.1 Å². The number of methoxy groups -OCH3 is 1. The molecule has 162 valence electrons. The fourth-order valence-corrected chi connectivity index (χ4v) is 4.97. The molecule has 2 aromatic rings. The number of halogens is 1. The first-order valence-corrected chi connectivity index (χ1v) is 11.5. The van der Waals surface area contributed by atoms with Crippen molar-refractivity contribution in [3.63, 3.8) is 0 Å². The van der Waals surface area contributed by atoms with Crippen LogP contribution in [0, 0.1) is 5.92 Å². The van der Waals surface area contributed by atoms with Gasteiger partial charge in [0.05, 0.1) is 24.9 Å². The van der Waals surface area contributed by atoms with Crippen molar-refractivity contribution in [1.82, 2.24) is 20.2 Å². The lowest BCUT2D eigenvalue weighted by Gasteiger charge is -2.33. The number of nitrogens with zero attached hydrogens (tertiary/aromatic N) is 2. The maximum Gasteiger partial charge on any atom is 0.407 e. The van der Waals surface area contributed by atoms with Crippen LogP contribution < -0.4 is 5.32 Å². The summed E-state index contributed by atoms with van der Waals surface area (Å²) in [7, 11) is 1.29. The van der Waals surface area contributed by atoms with Crippen molar-refractivity contribution in [1.29, 1.82) is 0 Å². The third kappa shape index (κ3) is 4.67. The third-order valence-electron chi connectivity index (χ3n) is 5.23. The van der Waals surface area contributed by atoms with Crippen LogP contribution in [0.3, 0.4) is 0 Å². The second-order valence-corrected chi connectivity index (χ2v) is 10.6. The molecular formula is C21H27BrN4O3S. The Balaban J connectivity index is 1.90. The van der Waals surface area contributed by atoms with Crippen LogP contribution in [0.4, 0.5) is 4.79 Å². The number of hydrogen-bond acceptors (Lipinski definition) is 5. The number of ether oxygens (including phenoxy) is 1. The third-order valence-corrected chi connectivity index (χ3v) is 7.13. The Morgan fingerprint density at radius 2 is 2.00 bits per heavy atom. The SMILES string of the molecule is COC(=O)N[C@H](C(=O)N1CSC(C)(C)[C@H]1c1ncc(-c2ccc(Br)cc2)[nH]1)C(C)C. The van der Waals surface area contributed by atoms with Crippen LogP contribution in [0.5, 0.6) is 0 Å². The van der Waals surface area contributed by atoms with Gasteiger partial charge in [-0.25, -0.2) is 9.78 Å². The lowest BCUT2D eigenvalue weighted by atomic mass is 9.97. The van der Waals surface area contributed by atoms with Crippen LogP contribution in [0.15, 0.2) is 34.9 Å². The predicted molar refractivity (Wildman–Crippen MR) is 122 cm³/mol. The molecule has 2 N–H and O–H groups in total. The van der Waals surface area contributed by atoms with Gasteiger partial charge in [-0.05, 0) is 37.5 Å². The first-order valence-electron chi connectivity index (χ1n) is 9.74. The first-order chi connectivity index (χ1) is 14.1. The maximum atomic E-state index is 13.4. The number of imidazole rings is 1. The summed E-state index contributed by atoms with van der Waals surface area (Å²) in [5.41, 5.74) is 1.91. The lowest BCUT2D eigenvalue weighted by molar-refractivity contribution is -0.135. The largest absolute Gasteiger partial charge is 0.453 e. The van der Waals surface area contributed by atoms with E-state index in [0.29, 0.717) is 5.88 Å². The van der Waals surface area contributed by atoms with Gasteiger partial charge in [0.15, 0.2) is 0 Å². The zero-order valence-electron chi connectivity index (χ0n) is 17.7. The molecule has 1 aliphatic heterocycles. The van der Waals surface area contributed by atoms with E-state index in [4.69, 9.17) is 4.74 Å². The van der Waals surface area contributed by atoms with Gasteiger partial charge in [0.25, 0.3) is 0 Å². The normalized spacial score (nSPS) is 19.0. The summed E-state index contributed by atoms with van der Waals surface area (Å²) in [6, 6.07) is 7.05. The highest BCUT2D eigenvalue weighted by Gasteiger charge is 2.48. The number of thioether (sulfide) groups is 1. The van der Waals surface area contributed by atoms with Crippen LogP contribution in [0.1, 0.15) is 39.6 Å². The Hall–Kier alpha value is -2.00. The highest BCUT2D eigenvalue weighted by Crippen LogP contribution is 2.48. The van der Waals surface area contributed by atoms with E-state index in [0.717, 1.165) is 21.6 Å². The van der Waals surface area contributed by atoms with Gasteiger partial charge in [0.1, 0.15) is 17.9 Å².